The van der Waals surface area contributed by atoms with Crippen LogP contribution in [0.3, 0.4) is 0 Å². The highest BCUT2D eigenvalue weighted by atomic mass is 16.3. The first kappa shape index (κ1) is 24.3. The van der Waals surface area contributed by atoms with E-state index in [-0.39, 0.29) is 0 Å². The van der Waals surface area contributed by atoms with E-state index in [4.69, 9.17) is 18.8 Å². The number of fused-ring (bicyclic) bond motifs is 10. The summed E-state index contributed by atoms with van der Waals surface area (Å²) in [4.78, 5) is 10.2. The third kappa shape index (κ3) is 3.43. The normalized spacial score (nSPS) is 12.0. The van der Waals surface area contributed by atoms with Crippen LogP contribution in [-0.2, 0) is 0 Å². The number of aromatic nitrogens is 3. The van der Waals surface area contributed by atoms with Gasteiger partial charge in [-0.3, -0.25) is 0 Å². The molecule has 4 heterocycles. The minimum absolute atomic E-state index is 0.570. The minimum atomic E-state index is 0.570. The van der Waals surface area contributed by atoms with E-state index in [9.17, 15) is 0 Å². The third-order valence-electron chi connectivity index (χ3n) is 8.85. The molecule has 210 valence electrons. The SMILES string of the molecule is c1ccc(-c2nc(-c3ccccc3-n3c4ccccc4c4ccc5oc6ccccc6c5c43)c3c(n2)oc2ccccc23)cc1. The van der Waals surface area contributed by atoms with Gasteiger partial charge in [-0.2, -0.15) is 4.98 Å². The van der Waals surface area contributed by atoms with Crippen LogP contribution in [0.1, 0.15) is 0 Å². The number of benzene rings is 6. The standard InChI is InChI=1S/C40H23N3O2/c1-2-12-24(13-3-1)39-41-37(36-29-17-7-11-21-33(29)45-40(36)42-39)27-15-5-9-19-31(27)43-30-18-8-4-14-25(30)26-22-23-34-35(38(26)43)28-16-6-10-20-32(28)44-34/h1-23H. The van der Waals surface area contributed by atoms with E-state index < -0.39 is 0 Å². The molecular formula is C40H23N3O2. The zero-order valence-corrected chi connectivity index (χ0v) is 23.9. The lowest BCUT2D eigenvalue weighted by Crippen LogP contribution is -2.00. The van der Waals surface area contributed by atoms with Gasteiger partial charge >= 0.3 is 0 Å². The molecule has 0 N–H and O–H groups in total. The van der Waals surface area contributed by atoms with Crippen molar-refractivity contribution in [3.63, 3.8) is 0 Å². The second kappa shape index (κ2) is 9.15. The van der Waals surface area contributed by atoms with Crippen molar-refractivity contribution in [3.05, 3.63) is 140 Å². The van der Waals surface area contributed by atoms with Gasteiger partial charge < -0.3 is 13.4 Å². The molecule has 6 aromatic carbocycles. The number of furan rings is 2. The summed E-state index contributed by atoms with van der Waals surface area (Å²) in [6.07, 6.45) is 0. The van der Waals surface area contributed by atoms with Crippen LogP contribution in [0.15, 0.2) is 148 Å². The van der Waals surface area contributed by atoms with Crippen molar-refractivity contribution in [1.82, 2.24) is 14.5 Å². The highest BCUT2D eigenvalue weighted by Gasteiger charge is 2.24. The smallest absolute Gasteiger partial charge is 0.231 e. The molecule has 0 unspecified atom stereocenters. The van der Waals surface area contributed by atoms with Crippen molar-refractivity contribution in [2.24, 2.45) is 0 Å². The van der Waals surface area contributed by atoms with E-state index in [1.165, 1.54) is 10.8 Å². The van der Waals surface area contributed by atoms with E-state index in [2.05, 4.69) is 83.4 Å². The van der Waals surface area contributed by atoms with Gasteiger partial charge in [0.15, 0.2) is 5.82 Å². The minimum Gasteiger partial charge on any atom is -0.456 e. The van der Waals surface area contributed by atoms with Crippen LogP contribution < -0.4 is 0 Å². The summed E-state index contributed by atoms with van der Waals surface area (Å²) in [6.45, 7) is 0. The van der Waals surface area contributed by atoms with Crippen LogP contribution in [0.2, 0.25) is 0 Å². The van der Waals surface area contributed by atoms with Gasteiger partial charge in [0.1, 0.15) is 16.7 Å². The molecule has 0 saturated carbocycles. The summed E-state index contributed by atoms with van der Waals surface area (Å²) in [6, 6.07) is 47.8. The Kier molecular flexibility index (Phi) is 4.93. The number of para-hydroxylation sites is 4. The molecule has 5 nitrogen and oxygen atoms in total. The Bertz CT molecular complexity index is 2770. The maximum absolute atomic E-state index is 6.38. The summed E-state index contributed by atoms with van der Waals surface area (Å²) >= 11 is 0. The van der Waals surface area contributed by atoms with Gasteiger partial charge in [-0.25, -0.2) is 4.98 Å². The average molecular weight is 578 g/mol. The van der Waals surface area contributed by atoms with Gasteiger partial charge in [-0.15, -0.1) is 0 Å². The number of hydrogen-bond donors (Lipinski definition) is 0. The first-order chi connectivity index (χ1) is 22.3. The van der Waals surface area contributed by atoms with Crippen LogP contribution >= 0.6 is 0 Å². The van der Waals surface area contributed by atoms with Crippen LogP contribution in [0.25, 0.3) is 94.1 Å². The Hall–Kier alpha value is -6.20. The molecule has 10 rings (SSSR count). The van der Waals surface area contributed by atoms with Gasteiger partial charge in [0.05, 0.1) is 33.2 Å². The van der Waals surface area contributed by atoms with E-state index in [0.29, 0.717) is 11.5 Å². The summed E-state index contributed by atoms with van der Waals surface area (Å²) < 4.78 is 15.1. The maximum Gasteiger partial charge on any atom is 0.231 e. The van der Waals surface area contributed by atoms with Crippen LogP contribution in [0.4, 0.5) is 0 Å². The van der Waals surface area contributed by atoms with Crippen LogP contribution in [0, 0.1) is 0 Å². The van der Waals surface area contributed by atoms with Crippen LogP contribution in [-0.4, -0.2) is 14.5 Å². The summed E-state index contributed by atoms with van der Waals surface area (Å²) in [5.41, 5.74) is 9.08. The molecule has 45 heavy (non-hydrogen) atoms. The predicted molar refractivity (Wildman–Crippen MR) is 182 cm³/mol. The molecule has 0 aliphatic rings. The Balaban J connectivity index is 1.38. The lowest BCUT2D eigenvalue weighted by molar-refractivity contribution is 0.653. The van der Waals surface area contributed by atoms with E-state index in [0.717, 1.165) is 71.8 Å². The van der Waals surface area contributed by atoms with E-state index in [1.807, 2.05) is 60.7 Å². The molecule has 0 saturated heterocycles. The Morgan fingerprint density at radius 1 is 0.467 bits per heavy atom. The fraction of sp³-hybridized carbons (Fsp3) is 0. The molecule has 0 radical (unpaired) electrons. The second-order valence-corrected chi connectivity index (χ2v) is 11.3. The molecule has 5 heteroatoms. The van der Waals surface area contributed by atoms with Gasteiger partial charge in [0, 0.05) is 32.7 Å². The van der Waals surface area contributed by atoms with Crippen molar-refractivity contribution < 1.29 is 8.83 Å². The molecule has 10 aromatic rings. The van der Waals surface area contributed by atoms with Gasteiger partial charge in [-0.1, -0.05) is 103 Å². The van der Waals surface area contributed by atoms with Crippen molar-refractivity contribution >= 4 is 65.8 Å². The lowest BCUT2D eigenvalue weighted by Gasteiger charge is -2.15. The molecular weight excluding hydrogens is 554 g/mol. The monoisotopic (exact) mass is 577 g/mol. The number of nitrogens with zero attached hydrogens (tertiary/aromatic N) is 3. The van der Waals surface area contributed by atoms with Crippen molar-refractivity contribution in [2.75, 3.05) is 0 Å². The molecule has 0 fully saturated rings. The first-order valence-electron chi connectivity index (χ1n) is 15.0. The summed E-state index contributed by atoms with van der Waals surface area (Å²) in [7, 11) is 0. The van der Waals surface area contributed by atoms with Crippen molar-refractivity contribution in [2.45, 2.75) is 0 Å². The number of rotatable bonds is 3. The second-order valence-electron chi connectivity index (χ2n) is 11.3. The van der Waals surface area contributed by atoms with Gasteiger partial charge in [0.2, 0.25) is 5.71 Å². The maximum atomic E-state index is 6.38. The molecule has 0 amide bonds. The van der Waals surface area contributed by atoms with Crippen molar-refractivity contribution in [3.8, 4) is 28.3 Å². The topological polar surface area (TPSA) is 57.0 Å². The average Bonchev–Trinajstić information content (AvgIpc) is 3.77. The highest BCUT2D eigenvalue weighted by molar-refractivity contribution is 6.25. The molecule has 0 spiro atoms. The molecule has 0 atom stereocenters. The fourth-order valence-corrected chi connectivity index (χ4v) is 6.92. The Morgan fingerprint density at radius 2 is 1.13 bits per heavy atom. The predicted octanol–water partition coefficient (Wildman–Crippen LogP) is 10.7. The van der Waals surface area contributed by atoms with Crippen LogP contribution in [0.5, 0.6) is 0 Å². The molecule has 0 bridgehead atoms. The Morgan fingerprint density at radius 3 is 1.98 bits per heavy atom. The van der Waals surface area contributed by atoms with Gasteiger partial charge in [0.25, 0.3) is 0 Å². The zero-order chi connectivity index (χ0) is 29.5. The third-order valence-corrected chi connectivity index (χ3v) is 8.85. The first-order valence-corrected chi connectivity index (χ1v) is 15.0. The largest absolute Gasteiger partial charge is 0.456 e. The zero-order valence-electron chi connectivity index (χ0n) is 23.9. The fourth-order valence-electron chi connectivity index (χ4n) is 6.92. The number of hydrogen-bond acceptors (Lipinski definition) is 4. The molecule has 4 aromatic heterocycles. The van der Waals surface area contributed by atoms with Crippen molar-refractivity contribution in [1.29, 1.82) is 0 Å². The summed E-state index contributed by atoms with van der Waals surface area (Å²) in [5.74, 6) is 0.623. The lowest BCUT2D eigenvalue weighted by atomic mass is 10.0. The van der Waals surface area contributed by atoms with Gasteiger partial charge in [-0.05, 0) is 36.4 Å². The quantitative estimate of drug-likeness (QED) is 0.210. The molecule has 0 aliphatic carbocycles. The Labute approximate surface area is 256 Å². The van der Waals surface area contributed by atoms with E-state index >= 15 is 0 Å². The molecule has 0 aliphatic heterocycles. The summed E-state index contributed by atoms with van der Waals surface area (Å²) in [5, 5.41) is 6.43. The van der Waals surface area contributed by atoms with E-state index in [1.54, 1.807) is 0 Å². The highest BCUT2D eigenvalue weighted by Crippen LogP contribution is 2.44.